The summed E-state index contributed by atoms with van der Waals surface area (Å²) in [5.74, 6) is -0.287. The standard InChI is InChI=1S/C11H10FN3/c12-10-2-1-8(5-9(10)6-13)11-7-14-3-4-15-11/h1-5,7H,6,13H2. The number of nitrogens with two attached hydrogens (primary N) is 1. The van der Waals surface area contributed by atoms with Crippen molar-refractivity contribution in [1.82, 2.24) is 9.97 Å². The third-order valence-electron chi connectivity index (χ3n) is 2.12. The summed E-state index contributed by atoms with van der Waals surface area (Å²) >= 11 is 0. The third-order valence-corrected chi connectivity index (χ3v) is 2.12. The highest BCUT2D eigenvalue weighted by molar-refractivity contribution is 5.58. The van der Waals surface area contributed by atoms with Crippen molar-refractivity contribution in [3.05, 3.63) is 48.2 Å². The van der Waals surface area contributed by atoms with E-state index in [9.17, 15) is 4.39 Å². The van der Waals surface area contributed by atoms with Crippen molar-refractivity contribution in [2.45, 2.75) is 6.54 Å². The fourth-order valence-corrected chi connectivity index (χ4v) is 1.34. The highest BCUT2D eigenvalue weighted by Crippen LogP contribution is 2.18. The topological polar surface area (TPSA) is 51.8 Å². The van der Waals surface area contributed by atoms with Crippen LogP contribution in [0.4, 0.5) is 4.39 Å². The van der Waals surface area contributed by atoms with Crippen LogP contribution in [-0.4, -0.2) is 9.97 Å². The van der Waals surface area contributed by atoms with Crippen LogP contribution in [0.25, 0.3) is 11.3 Å². The average Bonchev–Trinajstić information content (AvgIpc) is 2.31. The second-order valence-electron chi connectivity index (χ2n) is 3.10. The molecule has 0 aliphatic carbocycles. The zero-order valence-electron chi connectivity index (χ0n) is 8.02. The molecule has 0 spiro atoms. The highest BCUT2D eigenvalue weighted by atomic mass is 19.1. The van der Waals surface area contributed by atoms with Crippen molar-refractivity contribution < 1.29 is 4.39 Å². The minimum absolute atomic E-state index is 0.180. The Labute approximate surface area is 86.8 Å². The Morgan fingerprint density at radius 1 is 1.27 bits per heavy atom. The Morgan fingerprint density at radius 3 is 2.80 bits per heavy atom. The smallest absolute Gasteiger partial charge is 0.127 e. The van der Waals surface area contributed by atoms with Crippen molar-refractivity contribution in [3.63, 3.8) is 0 Å². The van der Waals surface area contributed by atoms with Gasteiger partial charge in [-0.1, -0.05) is 0 Å². The maximum absolute atomic E-state index is 13.2. The first-order valence-corrected chi connectivity index (χ1v) is 4.56. The number of rotatable bonds is 2. The zero-order chi connectivity index (χ0) is 10.7. The summed E-state index contributed by atoms with van der Waals surface area (Å²) in [6, 6.07) is 4.75. The molecule has 0 fully saturated rings. The van der Waals surface area contributed by atoms with E-state index in [4.69, 9.17) is 5.73 Å². The number of hydrogen-bond donors (Lipinski definition) is 1. The Bertz CT molecular complexity index is 457. The molecule has 0 bridgehead atoms. The third kappa shape index (κ3) is 1.99. The molecule has 0 unspecified atom stereocenters. The van der Waals surface area contributed by atoms with E-state index >= 15 is 0 Å². The van der Waals surface area contributed by atoms with Gasteiger partial charge in [0.2, 0.25) is 0 Å². The number of nitrogens with zero attached hydrogens (tertiary/aromatic N) is 2. The molecule has 3 nitrogen and oxygen atoms in total. The van der Waals surface area contributed by atoms with Gasteiger partial charge in [-0.15, -0.1) is 0 Å². The van der Waals surface area contributed by atoms with Crippen molar-refractivity contribution in [2.24, 2.45) is 5.73 Å². The molecule has 2 rings (SSSR count). The van der Waals surface area contributed by atoms with Gasteiger partial charge in [0.05, 0.1) is 11.9 Å². The van der Waals surface area contributed by atoms with Gasteiger partial charge in [-0.2, -0.15) is 0 Å². The molecule has 2 N–H and O–H groups in total. The fraction of sp³-hybridized carbons (Fsp3) is 0.0909. The number of hydrogen-bond acceptors (Lipinski definition) is 3. The summed E-state index contributed by atoms with van der Waals surface area (Å²) < 4.78 is 13.2. The quantitative estimate of drug-likeness (QED) is 0.808. The monoisotopic (exact) mass is 203 g/mol. The lowest BCUT2D eigenvalue weighted by Gasteiger charge is -2.03. The van der Waals surface area contributed by atoms with Crippen LogP contribution in [0.1, 0.15) is 5.56 Å². The van der Waals surface area contributed by atoms with E-state index in [0.717, 1.165) is 5.56 Å². The summed E-state index contributed by atoms with van der Waals surface area (Å²) in [6.45, 7) is 0.180. The molecule has 0 aliphatic rings. The summed E-state index contributed by atoms with van der Waals surface area (Å²) in [6.07, 6.45) is 4.82. The molecule has 1 aromatic heterocycles. The maximum Gasteiger partial charge on any atom is 0.127 e. The second-order valence-corrected chi connectivity index (χ2v) is 3.10. The van der Waals surface area contributed by atoms with Gasteiger partial charge in [0.15, 0.2) is 0 Å². The van der Waals surface area contributed by atoms with Crippen LogP contribution in [0.3, 0.4) is 0 Å². The molecular weight excluding hydrogens is 193 g/mol. The van der Waals surface area contributed by atoms with Crippen molar-refractivity contribution in [1.29, 1.82) is 0 Å². The molecular formula is C11H10FN3. The predicted octanol–water partition coefficient (Wildman–Crippen LogP) is 1.74. The van der Waals surface area contributed by atoms with Gasteiger partial charge in [0.1, 0.15) is 5.82 Å². The summed E-state index contributed by atoms with van der Waals surface area (Å²) in [7, 11) is 0. The lowest BCUT2D eigenvalue weighted by Crippen LogP contribution is -2.00. The summed E-state index contributed by atoms with van der Waals surface area (Å²) in [5.41, 5.74) is 7.45. The van der Waals surface area contributed by atoms with Crippen molar-refractivity contribution >= 4 is 0 Å². The van der Waals surface area contributed by atoms with E-state index < -0.39 is 0 Å². The summed E-state index contributed by atoms with van der Waals surface area (Å²) in [5, 5.41) is 0. The van der Waals surface area contributed by atoms with Crippen LogP contribution < -0.4 is 5.73 Å². The number of aromatic nitrogens is 2. The normalized spacial score (nSPS) is 10.3. The molecule has 76 valence electrons. The number of halogens is 1. The predicted molar refractivity (Wildman–Crippen MR) is 55.3 cm³/mol. The lowest BCUT2D eigenvalue weighted by molar-refractivity contribution is 0.611. The van der Waals surface area contributed by atoms with Gasteiger partial charge in [-0.3, -0.25) is 9.97 Å². The molecule has 0 amide bonds. The molecule has 4 heteroatoms. The number of benzene rings is 1. The minimum atomic E-state index is -0.287. The van der Waals surface area contributed by atoms with Crippen LogP contribution in [-0.2, 0) is 6.54 Å². The second kappa shape index (κ2) is 4.14. The largest absolute Gasteiger partial charge is 0.326 e. The first-order chi connectivity index (χ1) is 7.31. The van der Waals surface area contributed by atoms with E-state index in [1.165, 1.54) is 6.07 Å². The summed E-state index contributed by atoms with van der Waals surface area (Å²) in [4.78, 5) is 8.08. The fourth-order valence-electron chi connectivity index (χ4n) is 1.34. The van der Waals surface area contributed by atoms with Gasteiger partial charge in [-0.25, -0.2) is 4.39 Å². The van der Waals surface area contributed by atoms with Crippen LogP contribution in [0.15, 0.2) is 36.8 Å². The van der Waals surface area contributed by atoms with Crippen LogP contribution >= 0.6 is 0 Å². The van der Waals surface area contributed by atoms with Crippen molar-refractivity contribution in [2.75, 3.05) is 0 Å². The van der Waals surface area contributed by atoms with Gasteiger partial charge >= 0.3 is 0 Å². The van der Waals surface area contributed by atoms with Crippen LogP contribution in [0, 0.1) is 5.82 Å². The van der Waals surface area contributed by atoms with E-state index in [-0.39, 0.29) is 12.4 Å². The molecule has 0 saturated carbocycles. The zero-order valence-corrected chi connectivity index (χ0v) is 8.02. The van der Waals surface area contributed by atoms with E-state index in [1.807, 2.05) is 0 Å². The Balaban J connectivity index is 2.46. The molecule has 0 aliphatic heterocycles. The molecule has 2 aromatic rings. The molecule has 1 aromatic carbocycles. The van der Waals surface area contributed by atoms with E-state index in [0.29, 0.717) is 11.3 Å². The minimum Gasteiger partial charge on any atom is -0.326 e. The first-order valence-electron chi connectivity index (χ1n) is 4.56. The maximum atomic E-state index is 13.2. The Hall–Kier alpha value is -1.81. The van der Waals surface area contributed by atoms with Gasteiger partial charge in [-0.05, 0) is 18.2 Å². The molecule has 0 saturated heterocycles. The van der Waals surface area contributed by atoms with Crippen LogP contribution in [0.5, 0.6) is 0 Å². The molecule has 0 atom stereocenters. The van der Waals surface area contributed by atoms with Gasteiger partial charge in [0, 0.05) is 30.1 Å². The lowest BCUT2D eigenvalue weighted by atomic mass is 10.1. The highest BCUT2D eigenvalue weighted by Gasteiger charge is 2.04. The SMILES string of the molecule is NCc1cc(-c2cnccn2)ccc1F. The molecule has 0 radical (unpaired) electrons. The van der Waals surface area contributed by atoms with Crippen molar-refractivity contribution in [3.8, 4) is 11.3 Å². The van der Waals surface area contributed by atoms with E-state index in [2.05, 4.69) is 9.97 Å². The molecule has 1 heterocycles. The van der Waals surface area contributed by atoms with E-state index in [1.54, 1.807) is 30.7 Å². The van der Waals surface area contributed by atoms with Gasteiger partial charge in [0.25, 0.3) is 0 Å². The average molecular weight is 203 g/mol. The first kappa shape index (κ1) is 9.73. The van der Waals surface area contributed by atoms with Gasteiger partial charge < -0.3 is 5.73 Å². The van der Waals surface area contributed by atoms with Crippen LogP contribution in [0.2, 0.25) is 0 Å². The molecule has 15 heavy (non-hydrogen) atoms. The Kier molecular flexibility index (Phi) is 2.69. The Morgan fingerprint density at radius 2 is 2.13 bits per heavy atom.